The van der Waals surface area contributed by atoms with E-state index in [1.165, 1.54) is 24.3 Å². The molecule has 4 nitrogen and oxygen atoms in total. The Hall–Kier alpha value is -1.85. The van der Waals surface area contributed by atoms with Crippen LogP contribution < -0.4 is 5.32 Å². The molecule has 0 aliphatic rings. The lowest BCUT2D eigenvalue weighted by molar-refractivity contribution is -0.386. The smallest absolute Gasteiger partial charge is 0.327 e. The number of nitrogens with one attached hydrogen (secondary N) is 1. The Morgan fingerprint density at radius 1 is 1.16 bits per heavy atom. The molecule has 1 N–H and O–H groups in total. The van der Waals surface area contributed by atoms with E-state index in [1.807, 2.05) is 0 Å². The third-order valence-electron chi connectivity index (χ3n) is 2.37. The van der Waals surface area contributed by atoms with Crippen LogP contribution in [0.4, 0.5) is 21.5 Å². The van der Waals surface area contributed by atoms with Gasteiger partial charge in [0.25, 0.3) is 0 Å². The summed E-state index contributed by atoms with van der Waals surface area (Å²) < 4.78 is 13.4. The second kappa shape index (κ2) is 5.42. The van der Waals surface area contributed by atoms with Crippen LogP contribution in [0.5, 0.6) is 0 Å². The van der Waals surface area contributed by atoms with Gasteiger partial charge in [0.2, 0.25) is 5.82 Å². The van der Waals surface area contributed by atoms with Crippen molar-refractivity contribution in [3.8, 4) is 0 Å². The number of halogens is 3. The molecule has 0 bridgehead atoms. The summed E-state index contributed by atoms with van der Waals surface area (Å²) in [5.74, 6) is -0.907. The van der Waals surface area contributed by atoms with E-state index in [0.29, 0.717) is 15.7 Å². The molecule has 0 heterocycles. The highest BCUT2D eigenvalue weighted by Gasteiger charge is 2.19. The summed E-state index contributed by atoms with van der Waals surface area (Å²) in [4.78, 5) is 10.0. The van der Waals surface area contributed by atoms with E-state index < -0.39 is 16.4 Å². The van der Waals surface area contributed by atoms with Gasteiger partial charge >= 0.3 is 5.69 Å². The Morgan fingerprint density at radius 3 is 2.53 bits per heavy atom. The maximum atomic E-state index is 13.4. The number of nitrogens with zero attached hydrogens (tertiary/aromatic N) is 1. The van der Waals surface area contributed by atoms with Crippen LogP contribution in [-0.4, -0.2) is 4.92 Å². The quantitative estimate of drug-likeness (QED) is 0.655. The number of benzene rings is 2. The number of nitro groups is 1. The minimum absolute atomic E-state index is 0.0448. The minimum atomic E-state index is -0.907. The lowest BCUT2D eigenvalue weighted by atomic mass is 10.2. The van der Waals surface area contributed by atoms with Gasteiger partial charge in [-0.2, -0.15) is 4.39 Å². The molecule has 0 radical (unpaired) electrons. The molecular formula is C12H7Cl2FN2O2. The van der Waals surface area contributed by atoms with Crippen molar-refractivity contribution in [2.75, 3.05) is 5.32 Å². The molecule has 0 aromatic heterocycles. The second-order valence-corrected chi connectivity index (χ2v) is 4.46. The van der Waals surface area contributed by atoms with E-state index >= 15 is 0 Å². The molecule has 0 spiro atoms. The molecule has 0 unspecified atom stereocenters. The van der Waals surface area contributed by atoms with Crippen molar-refractivity contribution < 1.29 is 9.31 Å². The summed E-state index contributed by atoms with van der Waals surface area (Å²) >= 11 is 11.6. The molecule has 2 rings (SSSR count). The van der Waals surface area contributed by atoms with Crippen molar-refractivity contribution in [1.82, 2.24) is 0 Å². The van der Waals surface area contributed by atoms with Crippen LogP contribution in [0.25, 0.3) is 0 Å². The molecule has 7 heteroatoms. The van der Waals surface area contributed by atoms with Crippen LogP contribution in [0.15, 0.2) is 36.4 Å². The molecule has 98 valence electrons. The number of nitro benzene ring substituents is 1. The number of hydrogen-bond acceptors (Lipinski definition) is 3. The first-order valence-electron chi connectivity index (χ1n) is 5.14. The second-order valence-electron chi connectivity index (χ2n) is 3.65. The topological polar surface area (TPSA) is 55.2 Å². The molecule has 0 saturated carbocycles. The van der Waals surface area contributed by atoms with Crippen molar-refractivity contribution in [2.24, 2.45) is 0 Å². The van der Waals surface area contributed by atoms with E-state index in [-0.39, 0.29) is 5.69 Å². The van der Waals surface area contributed by atoms with Crippen LogP contribution in [-0.2, 0) is 0 Å². The summed E-state index contributed by atoms with van der Waals surface area (Å²) in [5, 5.41) is 14.2. The zero-order valence-electron chi connectivity index (χ0n) is 9.36. The highest BCUT2D eigenvalue weighted by Crippen LogP contribution is 2.32. The number of rotatable bonds is 3. The van der Waals surface area contributed by atoms with E-state index in [9.17, 15) is 14.5 Å². The number of anilines is 2. The summed E-state index contributed by atoms with van der Waals surface area (Å²) in [6.07, 6.45) is 0. The van der Waals surface area contributed by atoms with Crippen LogP contribution in [0.2, 0.25) is 10.0 Å². The Bertz CT molecular complexity index is 650. The van der Waals surface area contributed by atoms with E-state index in [4.69, 9.17) is 23.2 Å². The van der Waals surface area contributed by atoms with Crippen molar-refractivity contribution >= 4 is 40.3 Å². The highest BCUT2D eigenvalue weighted by atomic mass is 35.5. The van der Waals surface area contributed by atoms with Crippen LogP contribution in [0.3, 0.4) is 0 Å². The summed E-state index contributed by atoms with van der Waals surface area (Å²) in [6, 6.07) is 8.43. The van der Waals surface area contributed by atoms with Gasteiger partial charge in [-0.1, -0.05) is 29.3 Å². The molecular weight excluding hydrogens is 294 g/mol. The fourth-order valence-corrected chi connectivity index (χ4v) is 1.83. The lowest BCUT2D eigenvalue weighted by Crippen LogP contribution is -1.99. The summed E-state index contributed by atoms with van der Waals surface area (Å²) in [6.45, 7) is 0. The van der Waals surface area contributed by atoms with Crippen molar-refractivity contribution in [3.63, 3.8) is 0 Å². The normalized spacial score (nSPS) is 10.3. The molecule has 0 amide bonds. The predicted octanol–water partition coefficient (Wildman–Crippen LogP) is 4.78. The summed E-state index contributed by atoms with van der Waals surface area (Å²) in [5.41, 5.74) is -0.0972. The SMILES string of the molecule is O=[N+]([O-])c1c(F)cccc1Nc1ccc(Cl)c(Cl)c1. The maximum absolute atomic E-state index is 13.4. The van der Waals surface area contributed by atoms with Gasteiger partial charge in [-0.15, -0.1) is 0 Å². The largest absolute Gasteiger partial charge is 0.350 e. The zero-order chi connectivity index (χ0) is 14.0. The fourth-order valence-electron chi connectivity index (χ4n) is 1.53. The monoisotopic (exact) mass is 300 g/mol. The van der Waals surface area contributed by atoms with Gasteiger partial charge in [0, 0.05) is 5.69 Å². The van der Waals surface area contributed by atoms with Gasteiger partial charge in [0.1, 0.15) is 5.69 Å². The Balaban J connectivity index is 2.40. The molecule has 0 aliphatic heterocycles. The Labute approximate surface area is 117 Å². The third kappa shape index (κ3) is 2.94. The van der Waals surface area contributed by atoms with Gasteiger partial charge in [-0.25, -0.2) is 0 Å². The van der Waals surface area contributed by atoms with E-state index in [2.05, 4.69) is 5.32 Å². The van der Waals surface area contributed by atoms with Gasteiger partial charge in [-0.3, -0.25) is 10.1 Å². The lowest BCUT2D eigenvalue weighted by Gasteiger charge is -2.08. The number of hydrogen-bond donors (Lipinski definition) is 1. The van der Waals surface area contributed by atoms with Gasteiger partial charge in [0.15, 0.2) is 0 Å². The van der Waals surface area contributed by atoms with E-state index in [1.54, 1.807) is 6.07 Å². The van der Waals surface area contributed by atoms with Crippen LogP contribution in [0.1, 0.15) is 0 Å². The first-order chi connectivity index (χ1) is 8.99. The molecule has 0 aliphatic carbocycles. The van der Waals surface area contributed by atoms with Crippen molar-refractivity contribution in [1.29, 1.82) is 0 Å². The fraction of sp³-hybridized carbons (Fsp3) is 0. The Kier molecular flexibility index (Phi) is 3.87. The summed E-state index contributed by atoms with van der Waals surface area (Å²) in [7, 11) is 0. The van der Waals surface area contributed by atoms with Gasteiger partial charge < -0.3 is 5.32 Å². The first kappa shape index (κ1) is 13.6. The van der Waals surface area contributed by atoms with Crippen LogP contribution in [0, 0.1) is 15.9 Å². The minimum Gasteiger partial charge on any atom is -0.350 e. The average Bonchev–Trinajstić information content (AvgIpc) is 2.33. The van der Waals surface area contributed by atoms with Crippen molar-refractivity contribution in [3.05, 3.63) is 62.4 Å². The average molecular weight is 301 g/mol. The molecule has 0 atom stereocenters. The third-order valence-corrected chi connectivity index (χ3v) is 3.11. The molecule has 0 fully saturated rings. The maximum Gasteiger partial charge on any atom is 0.327 e. The number of para-hydroxylation sites is 1. The predicted molar refractivity (Wildman–Crippen MR) is 72.8 cm³/mol. The van der Waals surface area contributed by atoms with Gasteiger partial charge in [0.05, 0.1) is 15.0 Å². The molecule has 19 heavy (non-hydrogen) atoms. The van der Waals surface area contributed by atoms with E-state index in [0.717, 1.165) is 6.07 Å². The van der Waals surface area contributed by atoms with Crippen LogP contribution >= 0.6 is 23.2 Å². The molecule has 2 aromatic carbocycles. The van der Waals surface area contributed by atoms with Crippen molar-refractivity contribution in [2.45, 2.75) is 0 Å². The Morgan fingerprint density at radius 2 is 1.89 bits per heavy atom. The van der Waals surface area contributed by atoms with Gasteiger partial charge in [-0.05, 0) is 30.3 Å². The standard InChI is InChI=1S/C12H7Cl2FN2O2/c13-8-5-4-7(6-9(8)14)16-11-3-1-2-10(15)12(11)17(18)19/h1-6,16H. The molecule has 0 saturated heterocycles. The highest BCUT2D eigenvalue weighted by molar-refractivity contribution is 6.42. The first-order valence-corrected chi connectivity index (χ1v) is 5.89. The molecule has 2 aromatic rings. The zero-order valence-corrected chi connectivity index (χ0v) is 10.9.